The lowest BCUT2D eigenvalue weighted by atomic mass is 10.2. The molecule has 0 aromatic heterocycles. The SMILES string of the molecule is NC[CH]c1ccccc1. The van der Waals surface area contributed by atoms with Crippen LogP contribution in [0.3, 0.4) is 0 Å². The van der Waals surface area contributed by atoms with E-state index < -0.39 is 0 Å². The molecule has 0 saturated carbocycles. The number of hydrogen-bond acceptors (Lipinski definition) is 1. The maximum Gasteiger partial charge on any atom is 0.00420 e. The van der Waals surface area contributed by atoms with E-state index in [0.29, 0.717) is 6.54 Å². The molecule has 47 valence electrons. The van der Waals surface area contributed by atoms with E-state index in [9.17, 15) is 0 Å². The van der Waals surface area contributed by atoms with E-state index in [1.54, 1.807) is 0 Å². The average molecular weight is 120 g/mol. The highest BCUT2D eigenvalue weighted by Gasteiger charge is 1.85. The van der Waals surface area contributed by atoms with Crippen LogP contribution in [0.15, 0.2) is 30.3 Å². The molecule has 0 fully saturated rings. The minimum absolute atomic E-state index is 0.615. The first-order valence-electron chi connectivity index (χ1n) is 3.02. The Morgan fingerprint density at radius 2 is 1.89 bits per heavy atom. The van der Waals surface area contributed by atoms with Crippen LogP contribution < -0.4 is 5.73 Å². The average Bonchev–Trinajstić information content (AvgIpc) is 1.91. The molecule has 0 aliphatic rings. The summed E-state index contributed by atoms with van der Waals surface area (Å²) in [7, 11) is 0. The number of hydrogen-bond donors (Lipinski definition) is 1. The second-order valence-electron chi connectivity index (χ2n) is 1.85. The highest BCUT2D eigenvalue weighted by molar-refractivity contribution is 5.22. The molecule has 0 amide bonds. The van der Waals surface area contributed by atoms with Crippen LogP contribution in [0.5, 0.6) is 0 Å². The molecule has 0 atom stereocenters. The summed E-state index contributed by atoms with van der Waals surface area (Å²) >= 11 is 0. The third-order valence-electron chi connectivity index (χ3n) is 1.15. The largest absolute Gasteiger partial charge is 0.330 e. The molecular formula is C8H10N. The molecule has 1 heteroatoms. The van der Waals surface area contributed by atoms with Gasteiger partial charge in [0.25, 0.3) is 0 Å². The van der Waals surface area contributed by atoms with Gasteiger partial charge in [-0.25, -0.2) is 0 Å². The van der Waals surface area contributed by atoms with Gasteiger partial charge in [-0.1, -0.05) is 30.3 Å². The third kappa shape index (κ3) is 1.86. The van der Waals surface area contributed by atoms with Crippen LogP contribution in [0.2, 0.25) is 0 Å². The molecule has 0 saturated heterocycles. The fourth-order valence-corrected chi connectivity index (χ4v) is 0.725. The Labute approximate surface area is 55.5 Å². The van der Waals surface area contributed by atoms with Crippen LogP contribution in [0, 0.1) is 6.42 Å². The molecular weight excluding hydrogens is 110 g/mol. The van der Waals surface area contributed by atoms with Crippen molar-refractivity contribution in [1.82, 2.24) is 0 Å². The zero-order valence-corrected chi connectivity index (χ0v) is 5.25. The molecule has 0 bridgehead atoms. The van der Waals surface area contributed by atoms with Crippen LogP contribution in [0.1, 0.15) is 5.56 Å². The molecule has 0 heterocycles. The monoisotopic (exact) mass is 120 g/mol. The summed E-state index contributed by atoms with van der Waals surface area (Å²) in [5.41, 5.74) is 6.50. The van der Waals surface area contributed by atoms with Crippen molar-refractivity contribution >= 4 is 0 Å². The molecule has 1 radical (unpaired) electrons. The summed E-state index contributed by atoms with van der Waals surface area (Å²) < 4.78 is 0. The van der Waals surface area contributed by atoms with Crippen LogP contribution in [0.4, 0.5) is 0 Å². The van der Waals surface area contributed by atoms with E-state index in [4.69, 9.17) is 5.73 Å². The van der Waals surface area contributed by atoms with E-state index in [-0.39, 0.29) is 0 Å². The van der Waals surface area contributed by atoms with E-state index in [1.165, 1.54) is 5.56 Å². The standard InChI is InChI=1S/C8H10N/c9-7-6-8-4-2-1-3-5-8/h1-6H,7,9H2. The summed E-state index contributed by atoms with van der Waals surface area (Å²) in [5.74, 6) is 0. The molecule has 0 spiro atoms. The predicted octanol–water partition coefficient (Wildman–Crippen LogP) is 1.20. The van der Waals surface area contributed by atoms with Gasteiger partial charge < -0.3 is 5.73 Å². The predicted molar refractivity (Wildman–Crippen MR) is 38.9 cm³/mol. The first-order valence-corrected chi connectivity index (χ1v) is 3.02. The zero-order valence-electron chi connectivity index (χ0n) is 5.25. The van der Waals surface area contributed by atoms with Gasteiger partial charge in [-0.3, -0.25) is 0 Å². The zero-order chi connectivity index (χ0) is 6.53. The molecule has 1 rings (SSSR count). The Balaban J connectivity index is 2.61. The van der Waals surface area contributed by atoms with Crippen LogP contribution in [-0.2, 0) is 0 Å². The quantitative estimate of drug-likeness (QED) is 0.623. The minimum Gasteiger partial charge on any atom is -0.330 e. The molecule has 0 aliphatic carbocycles. The Hall–Kier alpha value is -0.820. The second-order valence-corrected chi connectivity index (χ2v) is 1.85. The minimum atomic E-state index is 0.615. The lowest BCUT2D eigenvalue weighted by Gasteiger charge is -1.93. The van der Waals surface area contributed by atoms with Gasteiger partial charge in [0.05, 0.1) is 0 Å². The van der Waals surface area contributed by atoms with E-state index in [1.807, 2.05) is 36.8 Å². The first kappa shape index (κ1) is 6.30. The maximum absolute atomic E-state index is 5.30. The van der Waals surface area contributed by atoms with Gasteiger partial charge in [-0.2, -0.15) is 0 Å². The van der Waals surface area contributed by atoms with Gasteiger partial charge in [0, 0.05) is 6.42 Å². The molecule has 1 aromatic rings. The van der Waals surface area contributed by atoms with E-state index in [0.717, 1.165) is 0 Å². The molecule has 0 unspecified atom stereocenters. The molecule has 1 aromatic carbocycles. The Morgan fingerprint density at radius 3 is 2.44 bits per heavy atom. The van der Waals surface area contributed by atoms with Crippen molar-refractivity contribution in [3.05, 3.63) is 42.3 Å². The van der Waals surface area contributed by atoms with Crippen molar-refractivity contribution in [3.8, 4) is 0 Å². The molecule has 0 aliphatic heterocycles. The molecule has 9 heavy (non-hydrogen) atoms. The Morgan fingerprint density at radius 1 is 1.22 bits per heavy atom. The second kappa shape index (κ2) is 3.25. The van der Waals surface area contributed by atoms with Gasteiger partial charge in [-0.15, -0.1) is 0 Å². The van der Waals surface area contributed by atoms with E-state index >= 15 is 0 Å². The summed E-state index contributed by atoms with van der Waals surface area (Å²) in [4.78, 5) is 0. The smallest absolute Gasteiger partial charge is 0.00420 e. The Kier molecular flexibility index (Phi) is 2.28. The van der Waals surface area contributed by atoms with Crippen molar-refractivity contribution in [3.63, 3.8) is 0 Å². The molecule has 1 nitrogen and oxygen atoms in total. The van der Waals surface area contributed by atoms with Crippen LogP contribution in [-0.4, -0.2) is 6.54 Å². The Bertz CT molecular complexity index is 157. The van der Waals surface area contributed by atoms with Gasteiger partial charge in [-0.05, 0) is 12.1 Å². The van der Waals surface area contributed by atoms with Gasteiger partial charge in [0.1, 0.15) is 0 Å². The van der Waals surface area contributed by atoms with Crippen LogP contribution in [0.25, 0.3) is 0 Å². The van der Waals surface area contributed by atoms with E-state index in [2.05, 4.69) is 0 Å². The fourth-order valence-electron chi connectivity index (χ4n) is 0.725. The van der Waals surface area contributed by atoms with Gasteiger partial charge >= 0.3 is 0 Å². The number of benzene rings is 1. The fraction of sp³-hybridized carbons (Fsp3) is 0.125. The van der Waals surface area contributed by atoms with Crippen LogP contribution >= 0.6 is 0 Å². The van der Waals surface area contributed by atoms with Crippen molar-refractivity contribution < 1.29 is 0 Å². The van der Waals surface area contributed by atoms with Crippen molar-refractivity contribution in [2.45, 2.75) is 0 Å². The first-order chi connectivity index (χ1) is 4.43. The van der Waals surface area contributed by atoms with Crippen molar-refractivity contribution in [2.24, 2.45) is 5.73 Å². The number of nitrogens with two attached hydrogens (primary N) is 1. The lowest BCUT2D eigenvalue weighted by molar-refractivity contribution is 1.16. The van der Waals surface area contributed by atoms with Gasteiger partial charge in [0.2, 0.25) is 0 Å². The summed E-state index contributed by atoms with van der Waals surface area (Å²) in [6, 6.07) is 10.1. The maximum atomic E-state index is 5.30. The summed E-state index contributed by atoms with van der Waals surface area (Å²) in [6.07, 6.45) is 1.99. The van der Waals surface area contributed by atoms with Gasteiger partial charge in [0.15, 0.2) is 0 Å². The summed E-state index contributed by atoms with van der Waals surface area (Å²) in [5, 5.41) is 0. The third-order valence-corrected chi connectivity index (χ3v) is 1.15. The normalized spacial score (nSPS) is 9.44. The number of rotatable bonds is 2. The van der Waals surface area contributed by atoms with Crippen molar-refractivity contribution in [2.75, 3.05) is 6.54 Å². The topological polar surface area (TPSA) is 26.0 Å². The summed E-state index contributed by atoms with van der Waals surface area (Å²) in [6.45, 7) is 0.615. The molecule has 2 N–H and O–H groups in total. The highest BCUT2D eigenvalue weighted by atomic mass is 14.5. The van der Waals surface area contributed by atoms with Crippen molar-refractivity contribution in [1.29, 1.82) is 0 Å². The highest BCUT2D eigenvalue weighted by Crippen LogP contribution is 1.98. The lowest BCUT2D eigenvalue weighted by Crippen LogP contribution is -1.99.